The van der Waals surface area contributed by atoms with Gasteiger partial charge in [0.2, 0.25) is 0 Å². The van der Waals surface area contributed by atoms with Crippen molar-refractivity contribution in [3.8, 4) is 0 Å². The number of rotatable bonds is 8. The van der Waals surface area contributed by atoms with E-state index in [9.17, 15) is 4.39 Å². The zero-order valence-corrected chi connectivity index (χ0v) is 17.9. The topological polar surface area (TPSA) is 46.8 Å². The molecule has 1 aromatic carbocycles. The Bertz CT molecular complexity index is 727. The fraction of sp³-hybridized carbons (Fsp3) is 0.476. The van der Waals surface area contributed by atoms with Crippen LogP contribution >= 0.6 is 0 Å². The van der Waals surface area contributed by atoms with Crippen LogP contribution in [0.3, 0.4) is 0 Å². The summed E-state index contributed by atoms with van der Waals surface area (Å²) in [5.41, 5.74) is 2.07. The molecule has 1 unspecified atom stereocenters. The normalized spacial score (nSPS) is 13.9. The molecule has 1 heterocycles. The number of azo groups is 1. The molecule has 0 bridgehead atoms. The van der Waals surface area contributed by atoms with E-state index in [4.69, 9.17) is 4.43 Å². The van der Waals surface area contributed by atoms with E-state index in [1.807, 2.05) is 12.1 Å². The molecule has 0 aliphatic rings. The van der Waals surface area contributed by atoms with Crippen molar-refractivity contribution in [3.05, 3.63) is 65.7 Å². The first-order valence-corrected chi connectivity index (χ1v) is 12.2. The largest absolute Gasteiger partial charge is 0.415 e. The van der Waals surface area contributed by atoms with Gasteiger partial charge < -0.3 is 4.43 Å². The number of halogens is 1. The minimum atomic E-state index is -1.76. The van der Waals surface area contributed by atoms with Crippen molar-refractivity contribution in [2.75, 3.05) is 13.2 Å². The number of aromatic nitrogens is 1. The van der Waals surface area contributed by atoms with Crippen molar-refractivity contribution in [3.63, 3.8) is 0 Å². The fourth-order valence-corrected chi connectivity index (χ4v) is 3.40. The van der Waals surface area contributed by atoms with Gasteiger partial charge in [0.15, 0.2) is 8.32 Å². The van der Waals surface area contributed by atoms with Crippen LogP contribution < -0.4 is 0 Å². The van der Waals surface area contributed by atoms with Crippen molar-refractivity contribution in [2.45, 2.75) is 51.4 Å². The molecule has 0 saturated carbocycles. The van der Waals surface area contributed by atoms with E-state index in [-0.39, 0.29) is 16.9 Å². The summed E-state index contributed by atoms with van der Waals surface area (Å²) in [4.78, 5) is 4.05. The van der Waals surface area contributed by atoms with Gasteiger partial charge in [0, 0.05) is 18.8 Å². The Labute approximate surface area is 163 Å². The minimum absolute atomic E-state index is 0.152. The Morgan fingerprint density at radius 2 is 1.70 bits per heavy atom. The second kappa shape index (κ2) is 9.33. The molecule has 0 saturated heterocycles. The summed E-state index contributed by atoms with van der Waals surface area (Å²) in [6.07, 6.45) is 4.23. The first-order valence-electron chi connectivity index (χ1n) is 9.34. The summed E-state index contributed by atoms with van der Waals surface area (Å²) < 4.78 is 19.4. The molecule has 0 amide bonds. The van der Waals surface area contributed by atoms with Crippen LogP contribution in [0.5, 0.6) is 0 Å². The maximum Gasteiger partial charge on any atom is 0.192 e. The minimum Gasteiger partial charge on any atom is -0.415 e. The monoisotopic (exact) mass is 387 g/mol. The van der Waals surface area contributed by atoms with Crippen LogP contribution in [0.25, 0.3) is 0 Å². The number of hydrogen-bond donors (Lipinski definition) is 0. The van der Waals surface area contributed by atoms with E-state index in [1.54, 1.807) is 24.5 Å². The highest BCUT2D eigenvalue weighted by molar-refractivity contribution is 6.74. The van der Waals surface area contributed by atoms with E-state index in [0.717, 1.165) is 11.1 Å². The van der Waals surface area contributed by atoms with Crippen LogP contribution in [0, 0.1) is 5.82 Å². The maximum absolute atomic E-state index is 13.3. The third kappa shape index (κ3) is 6.63. The fourth-order valence-electron chi connectivity index (χ4n) is 2.37. The average Bonchev–Trinajstić information content (AvgIpc) is 2.61. The van der Waals surface area contributed by atoms with E-state index < -0.39 is 8.32 Å². The molecule has 0 aliphatic carbocycles. The van der Waals surface area contributed by atoms with Gasteiger partial charge in [-0.3, -0.25) is 4.98 Å². The molecular weight excluding hydrogens is 357 g/mol. The van der Waals surface area contributed by atoms with Crippen molar-refractivity contribution in [1.29, 1.82) is 0 Å². The zero-order chi connectivity index (χ0) is 19.9. The third-order valence-corrected chi connectivity index (χ3v) is 9.65. The lowest BCUT2D eigenvalue weighted by molar-refractivity contribution is 0.295. The first-order chi connectivity index (χ1) is 12.7. The van der Waals surface area contributed by atoms with Crippen LogP contribution in [0.1, 0.15) is 37.9 Å². The number of hydrogen-bond acceptors (Lipinski definition) is 4. The SMILES string of the molecule is CC(C)(C)[Si](C)(C)OCCN=NC(Cc1ccncc1)c1ccc(F)cc1. The molecule has 1 atom stereocenters. The van der Waals surface area contributed by atoms with Crippen LogP contribution in [0.4, 0.5) is 4.39 Å². The maximum atomic E-state index is 13.3. The summed E-state index contributed by atoms with van der Waals surface area (Å²) in [5.74, 6) is -0.249. The Hall–Kier alpha value is -1.92. The van der Waals surface area contributed by atoms with Gasteiger partial charge in [-0.2, -0.15) is 10.2 Å². The van der Waals surface area contributed by atoms with Crippen LogP contribution in [-0.4, -0.2) is 26.5 Å². The lowest BCUT2D eigenvalue weighted by atomic mass is 10.0. The summed E-state index contributed by atoms with van der Waals surface area (Å²) in [5, 5.41) is 9.07. The lowest BCUT2D eigenvalue weighted by Crippen LogP contribution is -2.41. The van der Waals surface area contributed by atoms with E-state index in [1.165, 1.54) is 12.1 Å². The van der Waals surface area contributed by atoms with Crippen molar-refractivity contribution < 1.29 is 8.82 Å². The molecule has 4 nitrogen and oxygen atoms in total. The van der Waals surface area contributed by atoms with Gasteiger partial charge in [0.1, 0.15) is 5.82 Å². The molecule has 2 rings (SSSR count). The lowest BCUT2D eigenvalue weighted by Gasteiger charge is -2.35. The van der Waals surface area contributed by atoms with Gasteiger partial charge >= 0.3 is 0 Å². The molecule has 0 spiro atoms. The van der Waals surface area contributed by atoms with Gasteiger partial charge in [-0.1, -0.05) is 32.9 Å². The van der Waals surface area contributed by atoms with Gasteiger partial charge in [-0.05, 0) is 53.5 Å². The Balaban J connectivity index is 2.01. The molecule has 0 aliphatic heterocycles. The Morgan fingerprint density at radius 1 is 1.07 bits per heavy atom. The molecule has 0 radical (unpaired) electrons. The Kier molecular flexibility index (Phi) is 7.38. The van der Waals surface area contributed by atoms with E-state index >= 15 is 0 Å². The number of nitrogens with zero attached hydrogens (tertiary/aromatic N) is 3. The van der Waals surface area contributed by atoms with Crippen molar-refractivity contribution in [2.24, 2.45) is 10.2 Å². The van der Waals surface area contributed by atoms with Gasteiger partial charge in [-0.25, -0.2) is 4.39 Å². The van der Waals surface area contributed by atoms with Crippen LogP contribution in [-0.2, 0) is 10.8 Å². The van der Waals surface area contributed by atoms with Gasteiger partial charge in [0.25, 0.3) is 0 Å². The van der Waals surface area contributed by atoms with E-state index in [0.29, 0.717) is 19.6 Å². The number of benzene rings is 1. The quantitative estimate of drug-likeness (QED) is 0.318. The van der Waals surface area contributed by atoms with Crippen LogP contribution in [0.2, 0.25) is 18.1 Å². The average molecular weight is 388 g/mol. The standard InChI is InChI=1S/C21H30FN3OSi/c1-21(2,3)27(4,5)26-15-14-24-25-20(16-17-10-12-23-13-11-17)18-6-8-19(22)9-7-18/h6-13,20H,14-16H2,1-5H3. The highest BCUT2D eigenvalue weighted by Gasteiger charge is 2.36. The van der Waals surface area contributed by atoms with Crippen molar-refractivity contribution in [1.82, 2.24) is 4.98 Å². The van der Waals surface area contributed by atoms with Gasteiger partial charge in [0.05, 0.1) is 19.2 Å². The summed E-state index contributed by atoms with van der Waals surface area (Å²) in [7, 11) is -1.76. The first kappa shape index (κ1) is 21.4. The second-order valence-electron chi connectivity index (χ2n) is 8.22. The van der Waals surface area contributed by atoms with E-state index in [2.05, 4.69) is 49.1 Å². The number of pyridine rings is 1. The molecule has 146 valence electrons. The molecule has 6 heteroatoms. The Morgan fingerprint density at radius 3 is 2.30 bits per heavy atom. The summed E-state index contributed by atoms with van der Waals surface area (Å²) >= 11 is 0. The predicted molar refractivity (Wildman–Crippen MR) is 110 cm³/mol. The molecular formula is C21H30FN3OSi. The summed E-state index contributed by atoms with van der Waals surface area (Å²) in [6, 6.07) is 10.2. The van der Waals surface area contributed by atoms with Gasteiger partial charge in [-0.15, -0.1) is 0 Å². The smallest absolute Gasteiger partial charge is 0.192 e. The molecule has 1 aromatic heterocycles. The second-order valence-corrected chi connectivity index (χ2v) is 13.0. The zero-order valence-electron chi connectivity index (χ0n) is 16.9. The molecule has 27 heavy (non-hydrogen) atoms. The third-order valence-electron chi connectivity index (χ3n) is 5.11. The molecule has 2 aromatic rings. The molecule has 0 fully saturated rings. The highest BCUT2D eigenvalue weighted by Crippen LogP contribution is 2.36. The summed E-state index contributed by atoms with van der Waals surface area (Å²) in [6.45, 7) is 12.2. The molecule has 0 N–H and O–H groups in total. The highest BCUT2D eigenvalue weighted by atomic mass is 28.4. The van der Waals surface area contributed by atoms with Crippen molar-refractivity contribution >= 4 is 8.32 Å². The van der Waals surface area contributed by atoms with Crippen LogP contribution in [0.15, 0.2) is 59.0 Å². The predicted octanol–water partition coefficient (Wildman–Crippen LogP) is 5.98.